The summed E-state index contributed by atoms with van der Waals surface area (Å²) in [5, 5.41) is 0. The average molecular weight is 453 g/mol. The van der Waals surface area contributed by atoms with Crippen LogP contribution in [0.15, 0.2) is 29.3 Å². The Labute approximate surface area is 186 Å². The van der Waals surface area contributed by atoms with Gasteiger partial charge in [-0.2, -0.15) is 13.2 Å². The van der Waals surface area contributed by atoms with Gasteiger partial charge in [0.15, 0.2) is 5.96 Å². The zero-order valence-corrected chi connectivity index (χ0v) is 18.8. The summed E-state index contributed by atoms with van der Waals surface area (Å²) in [6.07, 6.45) is -2.83. The number of guanidine groups is 1. The van der Waals surface area contributed by atoms with Gasteiger partial charge in [-0.1, -0.05) is 32.0 Å². The minimum Gasteiger partial charge on any atom is -0.369 e. The van der Waals surface area contributed by atoms with Crippen LogP contribution >= 0.6 is 0 Å². The first-order chi connectivity index (χ1) is 14.9. The average Bonchev–Trinajstić information content (AvgIpc) is 2.90. The van der Waals surface area contributed by atoms with Crippen LogP contribution in [-0.2, 0) is 22.2 Å². The second-order valence-electron chi connectivity index (χ2n) is 9.41. The highest BCUT2D eigenvalue weighted by atomic mass is 19.4. The number of alkyl halides is 3. The van der Waals surface area contributed by atoms with Crippen molar-refractivity contribution in [3.05, 3.63) is 35.4 Å². The van der Waals surface area contributed by atoms with Gasteiger partial charge < -0.3 is 10.6 Å². The van der Waals surface area contributed by atoms with Crippen LogP contribution in [0.5, 0.6) is 0 Å². The van der Waals surface area contributed by atoms with E-state index < -0.39 is 17.3 Å². The lowest BCUT2D eigenvalue weighted by atomic mass is 9.90. The molecule has 3 rings (SSSR count). The van der Waals surface area contributed by atoms with Crippen molar-refractivity contribution >= 4 is 17.8 Å². The fourth-order valence-corrected chi connectivity index (χ4v) is 4.71. The summed E-state index contributed by atoms with van der Waals surface area (Å²) in [6.45, 7) is 7.21. The largest absolute Gasteiger partial charge is 0.416 e. The third-order valence-corrected chi connectivity index (χ3v) is 6.22. The highest BCUT2D eigenvalue weighted by Crippen LogP contribution is 2.33. The fraction of sp³-hybridized carbons (Fsp3) is 0.609. The molecule has 2 aliphatic rings. The van der Waals surface area contributed by atoms with Crippen LogP contribution in [-0.4, -0.2) is 52.7 Å². The van der Waals surface area contributed by atoms with Gasteiger partial charge in [0, 0.05) is 19.6 Å². The van der Waals surface area contributed by atoms with E-state index in [9.17, 15) is 22.8 Å². The summed E-state index contributed by atoms with van der Waals surface area (Å²) in [7, 11) is 0. The van der Waals surface area contributed by atoms with Crippen molar-refractivity contribution in [1.29, 1.82) is 0 Å². The van der Waals surface area contributed by atoms with Crippen LogP contribution in [0.2, 0.25) is 0 Å². The van der Waals surface area contributed by atoms with Gasteiger partial charge in [-0.3, -0.25) is 14.5 Å². The Morgan fingerprint density at radius 3 is 2.47 bits per heavy atom. The van der Waals surface area contributed by atoms with Crippen molar-refractivity contribution in [2.24, 2.45) is 22.6 Å². The first-order valence-corrected chi connectivity index (χ1v) is 11.0. The summed E-state index contributed by atoms with van der Waals surface area (Å²) in [6, 6.07) is 5.18. The molecule has 32 heavy (non-hydrogen) atoms. The van der Waals surface area contributed by atoms with Crippen molar-refractivity contribution in [3.63, 3.8) is 0 Å². The number of aliphatic imine (C=N–C) groups is 1. The smallest absolute Gasteiger partial charge is 0.369 e. The molecule has 0 bridgehead atoms. The summed E-state index contributed by atoms with van der Waals surface area (Å²) < 4.78 is 39.6. The van der Waals surface area contributed by atoms with Crippen molar-refractivity contribution < 1.29 is 22.8 Å². The van der Waals surface area contributed by atoms with Crippen LogP contribution < -0.4 is 5.73 Å². The first kappa shape index (κ1) is 24.1. The lowest BCUT2D eigenvalue weighted by molar-refractivity contribution is -0.139. The summed E-state index contributed by atoms with van der Waals surface area (Å²) >= 11 is 0. The number of halogens is 3. The zero-order valence-electron chi connectivity index (χ0n) is 18.8. The van der Waals surface area contributed by atoms with Crippen molar-refractivity contribution in [2.45, 2.75) is 58.2 Å². The normalized spacial score (nSPS) is 22.6. The predicted octanol–water partition coefficient (Wildman–Crippen LogP) is 3.45. The molecule has 1 unspecified atom stereocenters. The van der Waals surface area contributed by atoms with E-state index in [2.05, 4.69) is 4.99 Å². The highest BCUT2D eigenvalue weighted by molar-refractivity contribution is 6.06. The zero-order chi connectivity index (χ0) is 23.7. The third-order valence-electron chi connectivity index (χ3n) is 6.22. The molecule has 1 atom stereocenters. The molecule has 176 valence electrons. The van der Waals surface area contributed by atoms with E-state index in [1.165, 1.54) is 18.2 Å². The number of carbonyl (C=O) groups excluding carboxylic acids is 2. The lowest BCUT2D eigenvalue weighted by Crippen LogP contribution is -2.48. The summed E-state index contributed by atoms with van der Waals surface area (Å²) in [5.41, 5.74) is 4.44. The van der Waals surface area contributed by atoms with Crippen LogP contribution in [0.3, 0.4) is 0 Å². The van der Waals surface area contributed by atoms with Gasteiger partial charge in [0.05, 0.1) is 12.0 Å². The summed E-state index contributed by atoms with van der Waals surface area (Å²) in [4.78, 5) is 33.1. The van der Waals surface area contributed by atoms with E-state index in [0.717, 1.165) is 6.07 Å². The number of rotatable bonds is 6. The Balaban J connectivity index is 1.56. The van der Waals surface area contributed by atoms with E-state index in [1.54, 1.807) is 9.80 Å². The van der Waals surface area contributed by atoms with Gasteiger partial charge >= 0.3 is 6.18 Å². The van der Waals surface area contributed by atoms with E-state index in [1.807, 2.05) is 20.8 Å². The van der Waals surface area contributed by atoms with Crippen LogP contribution in [0.25, 0.3) is 0 Å². The first-order valence-electron chi connectivity index (χ1n) is 11.0. The molecule has 1 fully saturated rings. The quantitative estimate of drug-likeness (QED) is 0.718. The second-order valence-corrected chi connectivity index (χ2v) is 9.41. The molecule has 0 saturated carbocycles. The third kappa shape index (κ3) is 5.24. The SMILES string of the molecule is CC(C)CC1(C)N=C(N)N(CC2CCN(C(=O)Cc3ccccc3C(F)(F)F)CC2)C1=O. The fourth-order valence-electron chi connectivity index (χ4n) is 4.71. The Hall–Kier alpha value is -2.58. The van der Waals surface area contributed by atoms with E-state index in [-0.39, 0.29) is 35.7 Å². The molecule has 0 spiro atoms. The lowest BCUT2D eigenvalue weighted by Gasteiger charge is -2.34. The van der Waals surface area contributed by atoms with Gasteiger partial charge in [-0.15, -0.1) is 0 Å². The topological polar surface area (TPSA) is 79.0 Å². The van der Waals surface area contributed by atoms with Gasteiger partial charge in [-0.25, -0.2) is 4.99 Å². The minimum atomic E-state index is -4.49. The van der Waals surface area contributed by atoms with Crippen LogP contribution in [0.1, 0.15) is 51.2 Å². The van der Waals surface area contributed by atoms with Crippen LogP contribution in [0, 0.1) is 11.8 Å². The maximum Gasteiger partial charge on any atom is 0.416 e. The van der Waals surface area contributed by atoms with Crippen molar-refractivity contribution in [3.8, 4) is 0 Å². The standard InChI is InChI=1S/C23H31F3N4O2/c1-15(2)13-22(3)20(32)30(21(27)28-22)14-16-8-10-29(11-9-16)19(31)12-17-6-4-5-7-18(17)23(24,25)26/h4-7,15-16H,8-14H2,1-3H3,(H2,27,28). The highest BCUT2D eigenvalue weighted by Gasteiger charge is 2.44. The van der Waals surface area contributed by atoms with E-state index >= 15 is 0 Å². The summed E-state index contributed by atoms with van der Waals surface area (Å²) in [5.74, 6) is 0.284. The molecule has 0 aromatic heterocycles. The van der Waals surface area contributed by atoms with Gasteiger partial charge in [-0.05, 0) is 49.7 Å². The molecular weight excluding hydrogens is 421 g/mol. The molecular formula is C23H31F3N4O2. The molecule has 2 heterocycles. The van der Waals surface area contributed by atoms with Gasteiger partial charge in [0.2, 0.25) is 5.91 Å². The number of hydrogen-bond acceptors (Lipinski definition) is 4. The Bertz CT molecular complexity index is 891. The maximum absolute atomic E-state index is 13.2. The van der Waals surface area contributed by atoms with Crippen molar-refractivity contribution in [1.82, 2.24) is 9.80 Å². The molecule has 1 saturated heterocycles. The maximum atomic E-state index is 13.2. The molecule has 2 amide bonds. The number of benzene rings is 1. The Morgan fingerprint density at radius 2 is 1.88 bits per heavy atom. The predicted molar refractivity (Wildman–Crippen MR) is 116 cm³/mol. The molecule has 0 radical (unpaired) electrons. The molecule has 1 aromatic carbocycles. The van der Waals surface area contributed by atoms with Crippen LogP contribution in [0.4, 0.5) is 13.2 Å². The molecule has 0 aliphatic carbocycles. The molecule has 2 N–H and O–H groups in total. The van der Waals surface area contributed by atoms with Gasteiger partial charge in [0.1, 0.15) is 5.54 Å². The van der Waals surface area contributed by atoms with Crippen molar-refractivity contribution in [2.75, 3.05) is 19.6 Å². The van der Waals surface area contributed by atoms with E-state index in [4.69, 9.17) is 5.73 Å². The Kier molecular flexibility index (Phi) is 6.86. The molecule has 6 nitrogen and oxygen atoms in total. The van der Waals surface area contributed by atoms with Gasteiger partial charge in [0.25, 0.3) is 5.91 Å². The number of piperidine rings is 1. The monoisotopic (exact) mass is 452 g/mol. The number of likely N-dealkylation sites (tertiary alicyclic amines) is 1. The number of nitrogens with two attached hydrogens (primary N) is 1. The molecule has 9 heteroatoms. The number of carbonyl (C=O) groups is 2. The second kappa shape index (κ2) is 9.11. The number of nitrogens with zero attached hydrogens (tertiary/aromatic N) is 3. The Morgan fingerprint density at radius 1 is 1.25 bits per heavy atom. The molecule has 2 aliphatic heterocycles. The number of amides is 2. The molecule has 1 aromatic rings. The van der Waals surface area contributed by atoms with E-state index in [0.29, 0.717) is 44.8 Å². The minimum absolute atomic E-state index is 0.0109. The number of hydrogen-bond donors (Lipinski definition) is 1.